The van der Waals surface area contributed by atoms with Crippen LogP contribution in [0.1, 0.15) is 0 Å². The van der Waals surface area contributed by atoms with Crippen molar-refractivity contribution in [2.45, 2.75) is 0 Å². The van der Waals surface area contributed by atoms with Crippen LogP contribution in [-0.2, 0) is 0 Å². The van der Waals surface area contributed by atoms with Crippen molar-refractivity contribution in [2.24, 2.45) is 0 Å². The third-order valence-corrected chi connectivity index (χ3v) is 4.95. The molecule has 0 saturated carbocycles. The molecule has 4 rings (SSSR count). The van der Waals surface area contributed by atoms with E-state index in [1.54, 1.807) is 0 Å². The zero-order chi connectivity index (χ0) is 13.0. The van der Waals surface area contributed by atoms with E-state index in [0.717, 1.165) is 11.2 Å². The predicted octanol–water partition coefficient (Wildman–Crippen LogP) is 5.95. The molecule has 0 aliphatic rings. The van der Waals surface area contributed by atoms with E-state index in [-0.39, 0.29) is 0 Å². The van der Waals surface area contributed by atoms with Gasteiger partial charge in [-0.2, -0.15) is 0 Å². The van der Waals surface area contributed by atoms with Crippen LogP contribution in [0.15, 0.2) is 52.9 Å². The molecule has 0 N–H and O–H groups in total. The SMILES string of the molecule is Ic1ccc2c(c1)oc1c3ccccc3c(I)cc21. The van der Waals surface area contributed by atoms with Crippen LogP contribution >= 0.6 is 45.2 Å². The number of furan rings is 1. The van der Waals surface area contributed by atoms with Gasteiger partial charge in [-0.05, 0) is 74.8 Å². The lowest BCUT2D eigenvalue weighted by molar-refractivity contribution is 0.672. The minimum Gasteiger partial charge on any atom is -0.455 e. The summed E-state index contributed by atoms with van der Waals surface area (Å²) in [7, 11) is 0. The van der Waals surface area contributed by atoms with Crippen molar-refractivity contribution >= 4 is 77.9 Å². The molecule has 0 spiro atoms. The van der Waals surface area contributed by atoms with E-state index in [1.165, 1.54) is 28.7 Å². The number of fused-ring (bicyclic) bond motifs is 5. The highest BCUT2D eigenvalue weighted by Gasteiger charge is 2.12. The van der Waals surface area contributed by atoms with E-state index < -0.39 is 0 Å². The summed E-state index contributed by atoms with van der Waals surface area (Å²) in [6.07, 6.45) is 0. The fourth-order valence-electron chi connectivity index (χ4n) is 2.53. The van der Waals surface area contributed by atoms with Crippen LogP contribution in [0.3, 0.4) is 0 Å². The van der Waals surface area contributed by atoms with Crippen molar-refractivity contribution in [1.29, 1.82) is 0 Å². The second-order valence-electron chi connectivity index (χ2n) is 4.52. The highest BCUT2D eigenvalue weighted by molar-refractivity contribution is 14.1. The molecule has 0 bridgehead atoms. The summed E-state index contributed by atoms with van der Waals surface area (Å²) in [5, 5.41) is 4.84. The molecule has 0 fully saturated rings. The Labute approximate surface area is 137 Å². The molecule has 0 aliphatic carbocycles. The topological polar surface area (TPSA) is 13.1 Å². The van der Waals surface area contributed by atoms with Crippen molar-refractivity contribution in [3.8, 4) is 0 Å². The molecule has 4 aromatic rings. The van der Waals surface area contributed by atoms with Gasteiger partial charge in [-0.25, -0.2) is 0 Å². The summed E-state index contributed by atoms with van der Waals surface area (Å²) >= 11 is 4.72. The Bertz CT molecular complexity index is 938. The number of benzene rings is 3. The summed E-state index contributed by atoms with van der Waals surface area (Å²) in [6, 6.07) is 17.0. The average molecular weight is 470 g/mol. The van der Waals surface area contributed by atoms with Gasteiger partial charge >= 0.3 is 0 Å². The molecule has 1 nitrogen and oxygen atoms in total. The van der Waals surface area contributed by atoms with Crippen molar-refractivity contribution in [1.82, 2.24) is 0 Å². The number of halogens is 2. The molecule has 0 aliphatic heterocycles. The van der Waals surface area contributed by atoms with Gasteiger partial charge in [0.05, 0.1) is 0 Å². The molecular weight excluding hydrogens is 462 g/mol. The molecular formula is C16H8I2O. The van der Waals surface area contributed by atoms with Crippen LogP contribution in [0, 0.1) is 7.14 Å². The lowest BCUT2D eigenvalue weighted by Crippen LogP contribution is -1.78. The van der Waals surface area contributed by atoms with Gasteiger partial charge in [0, 0.05) is 23.3 Å². The summed E-state index contributed by atoms with van der Waals surface area (Å²) < 4.78 is 8.56. The minimum atomic E-state index is 0.967. The largest absolute Gasteiger partial charge is 0.455 e. The molecule has 92 valence electrons. The first-order valence-electron chi connectivity index (χ1n) is 5.93. The van der Waals surface area contributed by atoms with Gasteiger partial charge in [0.2, 0.25) is 0 Å². The Balaban J connectivity index is 2.31. The minimum absolute atomic E-state index is 0.967. The van der Waals surface area contributed by atoms with Gasteiger partial charge in [-0.15, -0.1) is 0 Å². The third-order valence-electron chi connectivity index (χ3n) is 3.39. The van der Waals surface area contributed by atoms with Crippen molar-refractivity contribution < 1.29 is 4.42 Å². The fourth-order valence-corrected chi connectivity index (χ4v) is 3.77. The molecule has 1 heterocycles. The maximum Gasteiger partial charge on any atom is 0.143 e. The number of rotatable bonds is 0. The summed E-state index contributed by atoms with van der Waals surface area (Å²) in [5.41, 5.74) is 1.96. The Kier molecular flexibility index (Phi) is 2.73. The van der Waals surface area contributed by atoms with Crippen molar-refractivity contribution in [2.75, 3.05) is 0 Å². The van der Waals surface area contributed by atoms with Gasteiger partial charge in [0.25, 0.3) is 0 Å². The number of hydrogen-bond donors (Lipinski definition) is 0. The zero-order valence-electron chi connectivity index (χ0n) is 9.78. The van der Waals surface area contributed by atoms with Crippen molar-refractivity contribution in [3.05, 3.63) is 55.7 Å². The van der Waals surface area contributed by atoms with Crippen LogP contribution in [0.5, 0.6) is 0 Å². The first-order chi connectivity index (χ1) is 9.24. The molecule has 1 aromatic heterocycles. The maximum atomic E-state index is 6.09. The highest BCUT2D eigenvalue weighted by Crippen LogP contribution is 2.36. The maximum absolute atomic E-state index is 6.09. The lowest BCUT2D eigenvalue weighted by Gasteiger charge is -2.01. The number of hydrogen-bond acceptors (Lipinski definition) is 1. The molecule has 0 amide bonds. The predicted molar refractivity (Wildman–Crippen MR) is 96.7 cm³/mol. The first-order valence-corrected chi connectivity index (χ1v) is 8.09. The summed E-state index contributed by atoms with van der Waals surface area (Å²) in [6.45, 7) is 0. The van der Waals surface area contributed by atoms with Gasteiger partial charge in [-0.3, -0.25) is 0 Å². The van der Waals surface area contributed by atoms with E-state index in [0.29, 0.717) is 0 Å². The van der Waals surface area contributed by atoms with Gasteiger partial charge in [0.15, 0.2) is 0 Å². The van der Waals surface area contributed by atoms with E-state index >= 15 is 0 Å². The van der Waals surface area contributed by atoms with Gasteiger partial charge in [-0.1, -0.05) is 24.3 Å². The summed E-state index contributed by atoms with van der Waals surface area (Å²) in [4.78, 5) is 0. The second kappa shape index (κ2) is 4.34. The molecule has 0 radical (unpaired) electrons. The third kappa shape index (κ3) is 1.78. The van der Waals surface area contributed by atoms with Crippen LogP contribution in [0.25, 0.3) is 32.7 Å². The van der Waals surface area contributed by atoms with Gasteiger partial charge < -0.3 is 4.42 Å². The zero-order valence-corrected chi connectivity index (χ0v) is 14.1. The highest BCUT2D eigenvalue weighted by atomic mass is 127. The Morgan fingerprint density at radius 1 is 0.737 bits per heavy atom. The van der Waals surface area contributed by atoms with E-state index in [9.17, 15) is 0 Å². The Hall–Kier alpha value is -0.820. The molecule has 19 heavy (non-hydrogen) atoms. The van der Waals surface area contributed by atoms with Crippen LogP contribution in [-0.4, -0.2) is 0 Å². The molecule has 0 atom stereocenters. The Morgan fingerprint density at radius 3 is 2.37 bits per heavy atom. The van der Waals surface area contributed by atoms with E-state index in [1.807, 2.05) is 0 Å². The van der Waals surface area contributed by atoms with Crippen LogP contribution < -0.4 is 0 Å². The second-order valence-corrected chi connectivity index (χ2v) is 6.93. The van der Waals surface area contributed by atoms with Crippen LogP contribution in [0.2, 0.25) is 0 Å². The van der Waals surface area contributed by atoms with E-state index in [4.69, 9.17) is 4.42 Å². The van der Waals surface area contributed by atoms with Crippen LogP contribution in [0.4, 0.5) is 0 Å². The Morgan fingerprint density at radius 2 is 1.53 bits per heavy atom. The fraction of sp³-hybridized carbons (Fsp3) is 0. The lowest BCUT2D eigenvalue weighted by atomic mass is 10.1. The van der Waals surface area contributed by atoms with E-state index in [2.05, 4.69) is 93.7 Å². The van der Waals surface area contributed by atoms with Crippen molar-refractivity contribution in [3.63, 3.8) is 0 Å². The quantitative estimate of drug-likeness (QED) is 0.290. The summed E-state index contributed by atoms with van der Waals surface area (Å²) in [5.74, 6) is 0. The standard InChI is InChI=1S/C16H8I2O/c17-9-5-6-11-13-8-14(18)10-3-1-2-4-12(10)16(13)19-15(11)7-9/h1-8H. The molecule has 0 saturated heterocycles. The molecule has 3 heteroatoms. The average Bonchev–Trinajstić information content (AvgIpc) is 2.77. The van der Waals surface area contributed by atoms with Gasteiger partial charge in [0.1, 0.15) is 11.2 Å². The normalized spacial score (nSPS) is 11.7. The first kappa shape index (κ1) is 12.0. The molecule has 0 unspecified atom stereocenters. The molecule has 3 aromatic carbocycles. The monoisotopic (exact) mass is 470 g/mol. The smallest absolute Gasteiger partial charge is 0.143 e.